The fraction of sp³-hybridized carbons (Fsp3) is 0. The summed E-state index contributed by atoms with van der Waals surface area (Å²) in [6, 6.07) is 86.5. The summed E-state index contributed by atoms with van der Waals surface area (Å²) in [7, 11) is 0. The highest BCUT2D eigenvalue weighted by Crippen LogP contribution is 2.42. The number of hydrogen-bond acceptors (Lipinski definition) is 0. The third kappa shape index (κ3) is 5.53. The van der Waals surface area contributed by atoms with E-state index in [1.54, 1.807) is 0 Å². The normalized spacial score (nSPS) is 11.8. The zero-order valence-corrected chi connectivity index (χ0v) is 34.4. The molecule has 0 fully saturated rings. The minimum absolute atomic E-state index is 1.13. The van der Waals surface area contributed by atoms with Gasteiger partial charge >= 0.3 is 0 Å². The summed E-state index contributed by atoms with van der Waals surface area (Å²) in [5.74, 6) is 0. The molecule has 0 atom stereocenters. The lowest BCUT2D eigenvalue weighted by Gasteiger charge is -2.15. The molecule has 13 aromatic rings. The first-order chi connectivity index (χ1) is 31.3. The molecule has 0 aliphatic rings. The van der Waals surface area contributed by atoms with E-state index < -0.39 is 0 Å². The fourth-order valence-corrected chi connectivity index (χ4v) is 10.2. The van der Waals surface area contributed by atoms with Crippen molar-refractivity contribution in [3.8, 4) is 50.4 Å². The van der Waals surface area contributed by atoms with Crippen LogP contribution in [0.4, 0.5) is 0 Å². The number of hydrogen-bond donors (Lipinski definition) is 0. The first kappa shape index (κ1) is 35.4. The molecule has 0 N–H and O–H groups in total. The van der Waals surface area contributed by atoms with Gasteiger partial charge in [0.25, 0.3) is 0 Å². The molecule has 0 bridgehead atoms. The van der Waals surface area contributed by atoms with E-state index in [0.717, 1.165) is 11.4 Å². The highest BCUT2D eigenvalue weighted by molar-refractivity contribution is 6.17. The third-order valence-electron chi connectivity index (χ3n) is 13.0. The van der Waals surface area contributed by atoms with Gasteiger partial charge in [0.1, 0.15) is 0 Å². The number of benzene rings is 10. The van der Waals surface area contributed by atoms with Gasteiger partial charge in [0.15, 0.2) is 0 Å². The fourth-order valence-electron chi connectivity index (χ4n) is 10.2. The Balaban J connectivity index is 1.03. The average molecular weight is 802 g/mol. The van der Waals surface area contributed by atoms with Crippen LogP contribution in [-0.4, -0.2) is 13.7 Å². The topological polar surface area (TPSA) is 14.8 Å². The van der Waals surface area contributed by atoms with Crippen LogP contribution < -0.4 is 0 Å². The standard InChI is InChI=1S/C60H39N3/c1-3-17-40(18-4-1)42-21-15-22-43(35-42)45-36-44(41-19-5-2-6-20-41)37-47(38-45)62-53-27-11-9-25-50(53)52-39-46(33-34-57(52)62)61-56-30-14-10-26-51(56)60-58(61)31-16-32-59(60)63-54-28-12-7-23-48(54)49-24-8-13-29-55(49)63/h1-39H. The Morgan fingerprint density at radius 2 is 0.619 bits per heavy atom. The lowest BCUT2D eigenvalue weighted by molar-refractivity contribution is 1.16. The summed E-state index contributed by atoms with van der Waals surface area (Å²) in [6.07, 6.45) is 0. The molecule has 3 heteroatoms. The van der Waals surface area contributed by atoms with Gasteiger partial charge in [-0.1, -0.05) is 158 Å². The van der Waals surface area contributed by atoms with Gasteiger partial charge in [0.2, 0.25) is 0 Å². The maximum absolute atomic E-state index is 2.46. The molecule has 0 unspecified atom stereocenters. The van der Waals surface area contributed by atoms with Crippen molar-refractivity contribution in [3.05, 3.63) is 237 Å². The molecule has 10 aromatic carbocycles. The highest BCUT2D eigenvalue weighted by atomic mass is 15.0. The van der Waals surface area contributed by atoms with Crippen molar-refractivity contribution in [2.75, 3.05) is 0 Å². The van der Waals surface area contributed by atoms with Crippen molar-refractivity contribution in [1.29, 1.82) is 0 Å². The summed E-state index contributed by atoms with van der Waals surface area (Å²) in [4.78, 5) is 0. The van der Waals surface area contributed by atoms with Gasteiger partial charge in [-0.2, -0.15) is 0 Å². The lowest BCUT2D eigenvalue weighted by Crippen LogP contribution is -1.98. The Hall–Kier alpha value is -8.40. The predicted molar refractivity (Wildman–Crippen MR) is 266 cm³/mol. The molecular formula is C60H39N3. The molecule has 294 valence electrons. The maximum Gasteiger partial charge on any atom is 0.0562 e. The van der Waals surface area contributed by atoms with Crippen molar-refractivity contribution >= 4 is 65.4 Å². The Bertz CT molecular complexity index is 3850. The molecule has 3 nitrogen and oxygen atoms in total. The van der Waals surface area contributed by atoms with E-state index in [0.29, 0.717) is 0 Å². The van der Waals surface area contributed by atoms with Crippen molar-refractivity contribution in [1.82, 2.24) is 13.7 Å². The van der Waals surface area contributed by atoms with Gasteiger partial charge in [-0.25, -0.2) is 0 Å². The van der Waals surface area contributed by atoms with Gasteiger partial charge in [0.05, 0.1) is 38.8 Å². The van der Waals surface area contributed by atoms with Crippen LogP contribution in [0.25, 0.3) is 116 Å². The zero-order chi connectivity index (χ0) is 41.4. The largest absolute Gasteiger partial charge is 0.309 e. The van der Waals surface area contributed by atoms with E-state index in [2.05, 4.69) is 250 Å². The second kappa shape index (κ2) is 14.1. The Morgan fingerprint density at radius 3 is 1.27 bits per heavy atom. The molecule has 0 radical (unpaired) electrons. The van der Waals surface area contributed by atoms with Gasteiger partial charge in [0, 0.05) is 43.7 Å². The second-order valence-corrected chi connectivity index (χ2v) is 16.5. The molecule has 0 amide bonds. The van der Waals surface area contributed by atoms with E-state index in [1.165, 1.54) is 104 Å². The van der Waals surface area contributed by atoms with Crippen LogP contribution in [0.5, 0.6) is 0 Å². The molecule has 0 saturated heterocycles. The Labute approximate surface area is 364 Å². The molecule has 3 heterocycles. The molecule has 0 spiro atoms. The first-order valence-electron chi connectivity index (χ1n) is 21.7. The number of aromatic nitrogens is 3. The van der Waals surface area contributed by atoms with Gasteiger partial charge in [-0.3, -0.25) is 0 Å². The van der Waals surface area contributed by atoms with Crippen LogP contribution in [0.15, 0.2) is 237 Å². The number of nitrogens with zero attached hydrogens (tertiary/aromatic N) is 3. The lowest BCUT2D eigenvalue weighted by atomic mass is 9.95. The summed E-state index contributed by atoms with van der Waals surface area (Å²) in [5, 5.41) is 7.43. The third-order valence-corrected chi connectivity index (χ3v) is 13.0. The van der Waals surface area contributed by atoms with Gasteiger partial charge in [-0.15, -0.1) is 0 Å². The van der Waals surface area contributed by atoms with E-state index >= 15 is 0 Å². The first-order valence-corrected chi connectivity index (χ1v) is 21.7. The molecule has 0 aliphatic heterocycles. The van der Waals surface area contributed by atoms with Crippen molar-refractivity contribution < 1.29 is 0 Å². The SMILES string of the molecule is c1ccc(-c2cccc(-c3cc(-c4ccccc4)cc(-n4c5ccccc5c5cc(-n6c7ccccc7c7c(-n8c9ccccc9c9ccccc98)cccc76)ccc54)c3)c2)cc1. The summed E-state index contributed by atoms with van der Waals surface area (Å²) < 4.78 is 7.37. The van der Waals surface area contributed by atoms with Crippen molar-refractivity contribution in [2.45, 2.75) is 0 Å². The molecule has 63 heavy (non-hydrogen) atoms. The second-order valence-electron chi connectivity index (χ2n) is 16.5. The Kier molecular flexibility index (Phi) is 7.91. The van der Waals surface area contributed by atoms with Crippen LogP contribution in [0.2, 0.25) is 0 Å². The van der Waals surface area contributed by atoms with Crippen LogP contribution in [0.1, 0.15) is 0 Å². The Morgan fingerprint density at radius 1 is 0.206 bits per heavy atom. The zero-order valence-electron chi connectivity index (χ0n) is 34.4. The van der Waals surface area contributed by atoms with Crippen LogP contribution in [-0.2, 0) is 0 Å². The summed E-state index contributed by atoms with van der Waals surface area (Å²) in [6.45, 7) is 0. The van der Waals surface area contributed by atoms with Gasteiger partial charge in [-0.05, 0) is 112 Å². The minimum Gasteiger partial charge on any atom is -0.309 e. The summed E-state index contributed by atoms with van der Waals surface area (Å²) >= 11 is 0. The predicted octanol–water partition coefficient (Wildman–Crippen LogP) is 16.0. The van der Waals surface area contributed by atoms with Crippen molar-refractivity contribution in [2.24, 2.45) is 0 Å². The molecule has 3 aromatic heterocycles. The molecule has 0 saturated carbocycles. The van der Waals surface area contributed by atoms with Crippen LogP contribution in [0, 0.1) is 0 Å². The average Bonchev–Trinajstić information content (AvgIpc) is 4.00. The maximum atomic E-state index is 2.46. The van der Waals surface area contributed by atoms with E-state index in [4.69, 9.17) is 0 Å². The van der Waals surface area contributed by atoms with E-state index in [-0.39, 0.29) is 0 Å². The number of fused-ring (bicyclic) bond motifs is 9. The van der Waals surface area contributed by atoms with Crippen molar-refractivity contribution in [3.63, 3.8) is 0 Å². The summed E-state index contributed by atoms with van der Waals surface area (Å²) in [5.41, 5.74) is 17.7. The quantitative estimate of drug-likeness (QED) is 0.159. The highest BCUT2D eigenvalue weighted by Gasteiger charge is 2.21. The molecule has 13 rings (SSSR count). The molecular weight excluding hydrogens is 763 g/mol. The number of para-hydroxylation sites is 4. The van der Waals surface area contributed by atoms with E-state index in [1.807, 2.05) is 0 Å². The van der Waals surface area contributed by atoms with E-state index in [9.17, 15) is 0 Å². The minimum atomic E-state index is 1.13. The van der Waals surface area contributed by atoms with Gasteiger partial charge < -0.3 is 13.7 Å². The smallest absolute Gasteiger partial charge is 0.0562 e. The van der Waals surface area contributed by atoms with Crippen LogP contribution in [0.3, 0.4) is 0 Å². The molecule has 0 aliphatic carbocycles. The monoisotopic (exact) mass is 801 g/mol. The number of rotatable bonds is 6. The van der Waals surface area contributed by atoms with Crippen LogP contribution >= 0.6 is 0 Å².